The SMILES string of the molecule is Cc1cc(C)c(Nc2cc(S(=O)(=O)O)c(N)c3c2C(=O)c2ccccc2C3=O)c(C)c1.NOOSc1ccc(N/N=C(\N=Nc2cc(Cl)ccc2O)c2ccccc2)cc1. The molecular formula is C42H36ClN7O8S2. The fraction of sp³-hybridized carbons (Fsp3) is 0.0714. The number of ketones is 2. The molecule has 15 nitrogen and oxygen atoms in total. The van der Waals surface area contributed by atoms with Gasteiger partial charge in [0.1, 0.15) is 16.3 Å². The Kier molecular flexibility index (Phi) is 13.4. The van der Waals surface area contributed by atoms with Crippen LogP contribution in [0.1, 0.15) is 54.1 Å². The first-order valence-corrected chi connectivity index (χ1v) is 20.3. The molecule has 0 spiro atoms. The van der Waals surface area contributed by atoms with Crippen LogP contribution >= 0.6 is 23.6 Å². The van der Waals surface area contributed by atoms with Gasteiger partial charge >= 0.3 is 0 Å². The van der Waals surface area contributed by atoms with Gasteiger partial charge in [-0.2, -0.15) is 19.4 Å². The number of azo groups is 1. The van der Waals surface area contributed by atoms with Gasteiger partial charge < -0.3 is 16.2 Å². The molecule has 1 aliphatic rings. The molecule has 60 heavy (non-hydrogen) atoms. The molecule has 0 radical (unpaired) electrons. The lowest BCUT2D eigenvalue weighted by atomic mass is 9.82. The number of nitrogens with one attached hydrogen (secondary N) is 2. The highest BCUT2D eigenvalue weighted by atomic mass is 35.5. The summed E-state index contributed by atoms with van der Waals surface area (Å²) in [5, 5.41) is 26.1. The molecule has 0 amide bonds. The van der Waals surface area contributed by atoms with Crippen molar-refractivity contribution in [1.82, 2.24) is 0 Å². The van der Waals surface area contributed by atoms with Gasteiger partial charge in [-0.3, -0.25) is 19.6 Å². The molecule has 306 valence electrons. The van der Waals surface area contributed by atoms with Crippen LogP contribution in [0.25, 0.3) is 0 Å². The number of halogens is 1. The molecular weight excluding hydrogens is 830 g/mol. The van der Waals surface area contributed by atoms with Gasteiger partial charge in [0.05, 0.1) is 40.2 Å². The van der Waals surface area contributed by atoms with Crippen LogP contribution in [0.15, 0.2) is 140 Å². The van der Waals surface area contributed by atoms with Gasteiger partial charge in [0.2, 0.25) is 5.84 Å². The highest BCUT2D eigenvalue weighted by molar-refractivity contribution is 7.94. The van der Waals surface area contributed by atoms with Crippen LogP contribution in [0.3, 0.4) is 0 Å². The van der Waals surface area contributed by atoms with E-state index < -0.39 is 32.3 Å². The summed E-state index contributed by atoms with van der Waals surface area (Å²) in [7, 11) is -4.76. The number of benzene rings is 6. The van der Waals surface area contributed by atoms with E-state index in [-0.39, 0.29) is 39.4 Å². The highest BCUT2D eigenvalue weighted by Crippen LogP contribution is 2.41. The summed E-state index contributed by atoms with van der Waals surface area (Å²) in [6.45, 7) is 5.69. The normalized spacial score (nSPS) is 12.4. The second-order valence-electron chi connectivity index (χ2n) is 13.2. The lowest BCUT2D eigenvalue weighted by Crippen LogP contribution is -2.25. The number of phenols is 1. The first-order valence-electron chi connectivity index (χ1n) is 17.7. The van der Waals surface area contributed by atoms with Gasteiger partial charge in [0.25, 0.3) is 10.1 Å². The second-order valence-corrected chi connectivity index (χ2v) is 15.8. The minimum absolute atomic E-state index is 0.0204. The van der Waals surface area contributed by atoms with Gasteiger partial charge in [0, 0.05) is 32.3 Å². The van der Waals surface area contributed by atoms with Crippen LogP contribution in [-0.2, 0) is 19.4 Å². The molecule has 0 saturated carbocycles. The van der Waals surface area contributed by atoms with Gasteiger partial charge in [-0.15, -0.1) is 19.6 Å². The number of phenolic OH excluding ortho intramolecular Hbond substituents is 1. The number of fused-ring (bicyclic) bond motifs is 2. The van der Waals surface area contributed by atoms with Gasteiger partial charge in [-0.1, -0.05) is 83.9 Å². The summed E-state index contributed by atoms with van der Waals surface area (Å²) in [5.74, 6) is 4.08. The van der Waals surface area contributed by atoms with Crippen LogP contribution in [0.5, 0.6) is 5.75 Å². The van der Waals surface area contributed by atoms with E-state index in [0.717, 1.165) is 50.9 Å². The number of carbonyl (C=O) groups excluding carboxylic acids is 2. The Balaban J connectivity index is 0.000000202. The Labute approximate surface area is 353 Å². The van der Waals surface area contributed by atoms with Crippen molar-refractivity contribution in [2.24, 2.45) is 21.2 Å². The van der Waals surface area contributed by atoms with Gasteiger partial charge in [-0.05, 0) is 80.4 Å². The third-order valence-corrected chi connectivity index (χ3v) is 10.7. The highest BCUT2D eigenvalue weighted by Gasteiger charge is 2.36. The maximum absolute atomic E-state index is 13.3. The van der Waals surface area contributed by atoms with E-state index in [1.165, 1.54) is 24.3 Å². The van der Waals surface area contributed by atoms with Crippen molar-refractivity contribution in [3.8, 4) is 5.75 Å². The number of nitrogens with two attached hydrogens (primary N) is 2. The summed E-state index contributed by atoms with van der Waals surface area (Å²) in [4.78, 5) is 30.8. The van der Waals surface area contributed by atoms with Gasteiger partial charge in [0.15, 0.2) is 11.6 Å². The van der Waals surface area contributed by atoms with Crippen molar-refractivity contribution in [2.45, 2.75) is 30.6 Å². The van der Waals surface area contributed by atoms with E-state index in [1.807, 2.05) is 63.2 Å². The van der Waals surface area contributed by atoms with E-state index >= 15 is 0 Å². The molecule has 0 bridgehead atoms. The fourth-order valence-electron chi connectivity index (χ4n) is 6.29. The van der Waals surface area contributed by atoms with Crippen molar-refractivity contribution >= 4 is 79.6 Å². The minimum atomic E-state index is -4.76. The number of rotatable bonds is 10. The van der Waals surface area contributed by atoms with Crippen LogP contribution in [0.2, 0.25) is 5.02 Å². The maximum Gasteiger partial charge on any atom is 0.296 e. The number of hydrogen-bond acceptors (Lipinski definition) is 14. The zero-order valence-corrected chi connectivity index (χ0v) is 34.4. The largest absolute Gasteiger partial charge is 0.506 e. The Morgan fingerprint density at radius 2 is 1.43 bits per heavy atom. The first-order chi connectivity index (χ1) is 28.7. The molecule has 6 aromatic rings. The first kappa shape index (κ1) is 43.1. The van der Waals surface area contributed by atoms with E-state index in [9.17, 15) is 27.7 Å². The number of hydrogen-bond donors (Lipinski definition) is 6. The Hall–Kier alpha value is -6.44. The molecule has 1 aliphatic carbocycles. The number of anilines is 4. The quantitative estimate of drug-likeness (QED) is 0.0110. The molecule has 0 aromatic heterocycles. The molecule has 0 atom stereocenters. The fourth-order valence-corrected chi connectivity index (χ4v) is 7.47. The number of amidine groups is 1. The van der Waals surface area contributed by atoms with Crippen LogP contribution in [0.4, 0.5) is 28.4 Å². The Bertz CT molecular complexity index is 2760. The van der Waals surface area contributed by atoms with Crippen molar-refractivity contribution in [3.63, 3.8) is 0 Å². The second kappa shape index (κ2) is 18.6. The van der Waals surface area contributed by atoms with Crippen molar-refractivity contribution < 1.29 is 37.0 Å². The predicted molar refractivity (Wildman–Crippen MR) is 231 cm³/mol. The zero-order valence-electron chi connectivity index (χ0n) is 32.0. The summed E-state index contributed by atoms with van der Waals surface area (Å²) >= 11 is 6.93. The monoisotopic (exact) mass is 865 g/mol. The summed E-state index contributed by atoms with van der Waals surface area (Å²) in [6.07, 6.45) is 0. The van der Waals surface area contributed by atoms with E-state index in [1.54, 1.807) is 42.5 Å². The van der Waals surface area contributed by atoms with Crippen molar-refractivity contribution in [2.75, 3.05) is 16.5 Å². The molecule has 18 heteroatoms. The molecule has 0 saturated heterocycles. The molecule has 0 fully saturated rings. The van der Waals surface area contributed by atoms with E-state index in [4.69, 9.17) is 23.2 Å². The van der Waals surface area contributed by atoms with E-state index in [0.29, 0.717) is 16.5 Å². The molecule has 0 unspecified atom stereocenters. The zero-order chi connectivity index (χ0) is 43.1. The van der Waals surface area contributed by atoms with E-state index in [2.05, 4.69) is 35.4 Å². The predicted octanol–water partition coefficient (Wildman–Crippen LogP) is 9.39. The summed E-state index contributed by atoms with van der Waals surface area (Å²) < 4.78 is 38.3. The van der Waals surface area contributed by atoms with Crippen molar-refractivity contribution in [3.05, 3.63) is 165 Å². The number of nitrogen functional groups attached to an aromatic ring is 1. The number of carbonyl (C=O) groups is 2. The molecule has 7 rings (SSSR count). The molecule has 6 aromatic carbocycles. The Morgan fingerprint density at radius 3 is 2.05 bits per heavy atom. The molecule has 0 heterocycles. The lowest BCUT2D eigenvalue weighted by molar-refractivity contribution is -0.195. The number of aryl methyl sites for hydroxylation is 3. The molecule has 0 aliphatic heterocycles. The van der Waals surface area contributed by atoms with Crippen LogP contribution < -0.4 is 22.4 Å². The lowest BCUT2D eigenvalue weighted by Gasteiger charge is -2.24. The maximum atomic E-state index is 13.3. The third-order valence-electron chi connectivity index (χ3n) is 8.95. The Morgan fingerprint density at radius 1 is 0.817 bits per heavy atom. The van der Waals surface area contributed by atoms with Crippen LogP contribution in [0, 0.1) is 20.8 Å². The van der Waals surface area contributed by atoms with Crippen LogP contribution in [-0.4, -0.2) is 35.5 Å². The van der Waals surface area contributed by atoms with Gasteiger partial charge in [-0.25, -0.2) is 0 Å². The number of hydrazone groups is 1. The summed E-state index contributed by atoms with van der Waals surface area (Å²) in [6, 6.07) is 32.3. The average Bonchev–Trinajstić information content (AvgIpc) is 3.22. The van der Waals surface area contributed by atoms with Crippen molar-refractivity contribution in [1.29, 1.82) is 0 Å². The standard InChI is InChI=1S/C23H20N2O5S.C19H16ClN5O3S/c1-11-8-12(2)21(13(3)9-11)25-16-10-17(31(28,29)30)20(24)19-18(16)22(26)14-6-4-5-7-15(14)23(19)27;20-14-6-11-18(26)17(12-14)23-25-19(13-4-2-1-3-5-13)24-22-15-7-9-16(10-8-15)29-28-27-21/h4-10,25H,24H2,1-3H3,(H,28,29,30);1-12,22,26H,21H2/b;24-19-,25-23?. The number of aromatic hydroxyl groups is 1. The smallest absolute Gasteiger partial charge is 0.296 e. The topological polar surface area (TPSA) is 240 Å². The third kappa shape index (κ3) is 9.87. The molecule has 8 N–H and O–H groups in total. The summed E-state index contributed by atoms with van der Waals surface area (Å²) in [5.41, 5.74) is 13.8. The average molecular weight is 866 g/mol. The minimum Gasteiger partial charge on any atom is -0.506 e. The number of nitrogens with zero attached hydrogens (tertiary/aromatic N) is 3.